The zero-order valence-electron chi connectivity index (χ0n) is 14.4. The first kappa shape index (κ1) is 17.0. The Morgan fingerprint density at radius 3 is 2.35 bits per heavy atom. The van der Waals surface area contributed by atoms with Gasteiger partial charge >= 0.3 is 0 Å². The van der Waals surface area contributed by atoms with E-state index >= 15 is 0 Å². The lowest BCUT2D eigenvalue weighted by atomic mass is 9.86. The summed E-state index contributed by atoms with van der Waals surface area (Å²) in [4.78, 5) is 2.59. The summed E-state index contributed by atoms with van der Waals surface area (Å²) in [6.45, 7) is 9.28. The first-order valence-electron chi connectivity index (χ1n) is 8.66. The lowest BCUT2D eigenvalue weighted by molar-refractivity contribution is 0.136. The molecule has 4 atom stereocenters. The Bertz CT molecular complexity index is 526. The van der Waals surface area contributed by atoms with Crippen molar-refractivity contribution in [3.63, 3.8) is 0 Å². The van der Waals surface area contributed by atoms with Crippen LogP contribution in [0.2, 0.25) is 0 Å². The van der Waals surface area contributed by atoms with Crippen LogP contribution in [0.15, 0.2) is 34.7 Å². The largest absolute Gasteiger partial charge is 0.591 e. The Kier molecular flexibility index (Phi) is 5.14. The highest BCUT2D eigenvalue weighted by Crippen LogP contribution is 2.41. The Balaban J connectivity index is 1.60. The van der Waals surface area contributed by atoms with Crippen molar-refractivity contribution < 1.29 is 4.55 Å². The highest BCUT2D eigenvalue weighted by molar-refractivity contribution is 7.91. The van der Waals surface area contributed by atoms with Crippen LogP contribution in [-0.2, 0) is 17.9 Å². The third-order valence-electron chi connectivity index (χ3n) is 5.08. The third-order valence-corrected chi connectivity index (χ3v) is 6.44. The SMILES string of the molecule is CC(C)(C)[S+]([O-])/N=C/[C@H]1[C@@H]2CC[C@H]1CN(Cc1ccccc1)C2. The molecule has 1 heterocycles. The van der Waals surface area contributed by atoms with E-state index in [9.17, 15) is 4.55 Å². The van der Waals surface area contributed by atoms with Crippen LogP contribution >= 0.6 is 0 Å². The van der Waals surface area contributed by atoms with Gasteiger partial charge in [-0.05, 0) is 51.0 Å². The first-order valence-corrected chi connectivity index (χ1v) is 9.76. The van der Waals surface area contributed by atoms with Crippen LogP contribution in [0.3, 0.4) is 0 Å². The van der Waals surface area contributed by atoms with Crippen LogP contribution in [0, 0.1) is 17.8 Å². The van der Waals surface area contributed by atoms with Crippen LogP contribution in [0.4, 0.5) is 0 Å². The number of hydrogen-bond acceptors (Lipinski definition) is 3. The molecule has 4 heteroatoms. The maximum Gasteiger partial charge on any atom is 0.144 e. The molecule has 1 aliphatic heterocycles. The number of rotatable bonds is 4. The van der Waals surface area contributed by atoms with Crippen LogP contribution in [0.25, 0.3) is 0 Å². The van der Waals surface area contributed by atoms with E-state index in [1.807, 2.05) is 27.0 Å². The molecule has 1 unspecified atom stereocenters. The topological polar surface area (TPSA) is 38.7 Å². The minimum atomic E-state index is -1.13. The molecular weight excluding hydrogens is 304 g/mol. The Morgan fingerprint density at radius 2 is 1.78 bits per heavy atom. The lowest BCUT2D eigenvalue weighted by Gasteiger charge is -2.36. The molecule has 0 N–H and O–H groups in total. The average Bonchev–Trinajstić information content (AvgIpc) is 2.74. The summed E-state index contributed by atoms with van der Waals surface area (Å²) in [5.41, 5.74) is 1.40. The quantitative estimate of drug-likeness (QED) is 0.623. The second-order valence-electron chi connectivity index (χ2n) is 7.97. The monoisotopic (exact) mass is 332 g/mol. The molecule has 1 aromatic carbocycles. The van der Waals surface area contributed by atoms with Gasteiger partial charge in [0, 0.05) is 25.6 Å². The maximum absolute atomic E-state index is 12.1. The third kappa shape index (κ3) is 4.17. The van der Waals surface area contributed by atoms with Crippen LogP contribution < -0.4 is 0 Å². The minimum Gasteiger partial charge on any atom is -0.591 e. The number of nitrogens with zero attached hydrogens (tertiary/aromatic N) is 2. The number of fused-ring (bicyclic) bond motifs is 2. The van der Waals surface area contributed by atoms with Crippen molar-refractivity contribution in [1.82, 2.24) is 4.90 Å². The highest BCUT2D eigenvalue weighted by atomic mass is 32.2. The Morgan fingerprint density at radius 1 is 1.17 bits per heavy atom. The second-order valence-corrected chi connectivity index (χ2v) is 9.90. The summed E-state index contributed by atoms with van der Waals surface area (Å²) in [5.74, 6) is 1.88. The molecule has 1 saturated carbocycles. The smallest absolute Gasteiger partial charge is 0.144 e. The van der Waals surface area contributed by atoms with E-state index in [0.29, 0.717) is 17.8 Å². The normalized spacial score (nSPS) is 30.0. The molecule has 0 aromatic heterocycles. The molecule has 0 spiro atoms. The van der Waals surface area contributed by atoms with Crippen LogP contribution in [0.5, 0.6) is 0 Å². The summed E-state index contributed by atoms with van der Waals surface area (Å²) < 4.78 is 16.3. The molecule has 2 bridgehead atoms. The molecule has 0 radical (unpaired) electrons. The van der Waals surface area contributed by atoms with Gasteiger partial charge < -0.3 is 4.55 Å². The fourth-order valence-corrected chi connectivity index (χ4v) is 4.43. The number of hydrogen-bond donors (Lipinski definition) is 0. The molecule has 23 heavy (non-hydrogen) atoms. The Hall–Kier alpha value is -0.840. The maximum atomic E-state index is 12.1. The summed E-state index contributed by atoms with van der Waals surface area (Å²) in [6, 6.07) is 10.7. The van der Waals surface area contributed by atoms with Crippen molar-refractivity contribution in [2.24, 2.45) is 22.2 Å². The predicted molar refractivity (Wildman–Crippen MR) is 97.8 cm³/mol. The van der Waals surface area contributed by atoms with Crippen molar-refractivity contribution in [3.8, 4) is 0 Å². The molecular formula is C19H28N2OS. The van der Waals surface area contributed by atoms with Gasteiger partial charge in [-0.3, -0.25) is 4.90 Å². The van der Waals surface area contributed by atoms with Crippen molar-refractivity contribution in [2.75, 3.05) is 13.1 Å². The fourth-order valence-electron chi connectivity index (χ4n) is 3.86. The van der Waals surface area contributed by atoms with Crippen LogP contribution in [0.1, 0.15) is 39.2 Å². The van der Waals surface area contributed by atoms with Gasteiger partial charge in [-0.25, -0.2) is 0 Å². The van der Waals surface area contributed by atoms with Gasteiger partial charge in [0.25, 0.3) is 0 Å². The molecule has 126 valence electrons. The van der Waals surface area contributed by atoms with Gasteiger partial charge in [0.15, 0.2) is 0 Å². The summed E-state index contributed by atoms with van der Waals surface area (Å²) in [5, 5.41) is 0. The molecule has 1 saturated heterocycles. The van der Waals surface area contributed by atoms with Gasteiger partial charge in [-0.15, -0.1) is 0 Å². The lowest BCUT2D eigenvalue weighted by Crippen LogP contribution is -2.42. The van der Waals surface area contributed by atoms with Gasteiger partial charge in [-0.2, -0.15) is 0 Å². The molecule has 1 aromatic rings. The van der Waals surface area contributed by atoms with Gasteiger partial charge in [0.2, 0.25) is 0 Å². The molecule has 3 rings (SSSR count). The van der Waals surface area contributed by atoms with E-state index < -0.39 is 11.4 Å². The van der Waals surface area contributed by atoms with E-state index in [-0.39, 0.29) is 4.75 Å². The summed E-state index contributed by atoms with van der Waals surface area (Å²) in [6.07, 6.45) is 4.60. The fraction of sp³-hybridized carbons (Fsp3) is 0.632. The minimum absolute atomic E-state index is 0.260. The standard InChI is InChI=1S/C19H28N2OS/c1-19(2,3)23(22)20-11-18-16-9-10-17(18)14-21(13-16)12-15-7-5-4-6-8-15/h4-8,11,16-18H,9-10,12-14H2,1-3H3/b20-11+/t16-,17+,18+,23?. The van der Waals surface area contributed by atoms with Gasteiger partial charge in [0.05, 0.1) is 6.21 Å². The molecule has 3 nitrogen and oxygen atoms in total. The predicted octanol–water partition coefficient (Wildman–Crippen LogP) is 3.68. The zero-order chi connectivity index (χ0) is 16.4. The van der Waals surface area contributed by atoms with Gasteiger partial charge in [-0.1, -0.05) is 34.7 Å². The van der Waals surface area contributed by atoms with E-state index in [2.05, 4.69) is 39.6 Å². The van der Waals surface area contributed by atoms with Crippen molar-refractivity contribution in [3.05, 3.63) is 35.9 Å². The van der Waals surface area contributed by atoms with Crippen molar-refractivity contribution in [2.45, 2.75) is 44.9 Å². The number of piperidine rings is 1. The van der Waals surface area contributed by atoms with E-state index in [1.165, 1.54) is 18.4 Å². The first-order chi connectivity index (χ1) is 10.9. The van der Waals surface area contributed by atoms with E-state index in [1.54, 1.807) is 0 Å². The van der Waals surface area contributed by atoms with Crippen molar-refractivity contribution in [1.29, 1.82) is 0 Å². The van der Waals surface area contributed by atoms with Crippen molar-refractivity contribution >= 4 is 17.6 Å². The molecule has 2 fully saturated rings. The van der Waals surface area contributed by atoms with E-state index in [0.717, 1.165) is 19.6 Å². The second kappa shape index (κ2) is 6.96. The zero-order valence-corrected chi connectivity index (χ0v) is 15.3. The average molecular weight is 333 g/mol. The Labute approximate surface area is 143 Å². The number of benzene rings is 1. The van der Waals surface area contributed by atoms with Gasteiger partial charge in [0.1, 0.15) is 16.1 Å². The molecule has 0 amide bonds. The van der Waals surface area contributed by atoms with Crippen LogP contribution in [-0.4, -0.2) is 33.5 Å². The molecule has 1 aliphatic carbocycles. The van der Waals surface area contributed by atoms with E-state index in [4.69, 9.17) is 0 Å². The summed E-state index contributed by atoms with van der Waals surface area (Å²) >= 11 is -1.13. The summed E-state index contributed by atoms with van der Waals surface area (Å²) in [7, 11) is 0. The highest BCUT2D eigenvalue weighted by Gasteiger charge is 2.41. The number of likely N-dealkylation sites (tertiary alicyclic amines) is 1. The molecule has 2 aliphatic rings.